The van der Waals surface area contributed by atoms with Crippen molar-refractivity contribution in [3.05, 3.63) is 88.2 Å². The minimum atomic E-state index is -0.258. The first kappa shape index (κ1) is 20.0. The van der Waals surface area contributed by atoms with Crippen molar-refractivity contribution in [2.45, 2.75) is 6.42 Å². The number of pyridine rings is 1. The molecule has 0 aliphatic rings. The van der Waals surface area contributed by atoms with Gasteiger partial charge < -0.3 is 5.73 Å². The van der Waals surface area contributed by atoms with E-state index in [1.165, 1.54) is 10.7 Å². The van der Waals surface area contributed by atoms with Crippen LogP contribution in [-0.2, 0) is 13.5 Å². The summed E-state index contributed by atoms with van der Waals surface area (Å²) in [4.78, 5) is 25.5. The molecule has 5 aromatic rings. The van der Waals surface area contributed by atoms with Gasteiger partial charge in [0, 0.05) is 30.6 Å². The molecule has 0 unspecified atom stereocenters. The Bertz CT molecular complexity index is 1600. The highest BCUT2D eigenvalue weighted by Gasteiger charge is 2.22. The third-order valence-corrected chi connectivity index (χ3v) is 5.12. The Kier molecular flexibility index (Phi) is 4.84. The molecule has 0 aliphatic carbocycles. The first-order valence-corrected chi connectivity index (χ1v) is 10.0. The van der Waals surface area contributed by atoms with E-state index in [4.69, 9.17) is 5.73 Å². The highest BCUT2D eigenvalue weighted by molar-refractivity contribution is 5.83. The van der Waals surface area contributed by atoms with Gasteiger partial charge in [-0.25, -0.2) is 19.2 Å². The molecule has 0 amide bonds. The van der Waals surface area contributed by atoms with Crippen LogP contribution < -0.4 is 11.3 Å². The van der Waals surface area contributed by atoms with Crippen LogP contribution in [0.25, 0.3) is 28.3 Å². The van der Waals surface area contributed by atoms with Gasteiger partial charge in [0.1, 0.15) is 17.1 Å². The molecule has 0 radical (unpaired) electrons. The van der Waals surface area contributed by atoms with E-state index in [9.17, 15) is 10.1 Å². The number of aromatic nitrogens is 7. The minimum Gasteiger partial charge on any atom is -0.381 e. The van der Waals surface area contributed by atoms with E-state index in [-0.39, 0.29) is 11.4 Å². The number of anilines is 1. The SMILES string of the molecule is Cn1nc(-c2c(-c3ccccc3C#N)nc(N)c3nc(Cc4ccccn4)nn23)ccc1=O. The molecular formula is C23H17N9O. The molecule has 2 N–H and O–H groups in total. The van der Waals surface area contributed by atoms with Gasteiger partial charge in [-0.05, 0) is 24.3 Å². The van der Waals surface area contributed by atoms with Gasteiger partial charge in [-0.2, -0.15) is 15.5 Å². The summed E-state index contributed by atoms with van der Waals surface area (Å²) < 4.78 is 2.79. The van der Waals surface area contributed by atoms with Crippen LogP contribution in [0.2, 0.25) is 0 Å². The lowest BCUT2D eigenvalue weighted by Crippen LogP contribution is -2.19. The molecule has 5 rings (SSSR count). The zero-order chi connectivity index (χ0) is 22.9. The quantitative estimate of drug-likeness (QED) is 0.452. The van der Waals surface area contributed by atoms with Crippen molar-refractivity contribution in [3.8, 4) is 28.7 Å². The molecule has 4 aromatic heterocycles. The van der Waals surface area contributed by atoms with Gasteiger partial charge in [0.15, 0.2) is 17.3 Å². The second-order valence-electron chi connectivity index (χ2n) is 7.29. The number of aryl methyl sites for hydroxylation is 1. The van der Waals surface area contributed by atoms with Crippen LogP contribution in [-0.4, -0.2) is 34.3 Å². The highest BCUT2D eigenvalue weighted by atomic mass is 16.1. The fourth-order valence-corrected chi connectivity index (χ4v) is 3.57. The lowest BCUT2D eigenvalue weighted by molar-refractivity contribution is 0.708. The van der Waals surface area contributed by atoms with Crippen molar-refractivity contribution in [2.24, 2.45) is 7.05 Å². The van der Waals surface area contributed by atoms with Crippen LogP contribution in [0.4, 0.5) is 5.82 Å². The smallest absolute Gasteiger partial charge is 0.266 e. The van der Waals surface area contributed by atoms with Crippen LogP contribution in [0.15, 0.2) is 65.6 Å². The van der Waals surface area contributed by atoms with Crippen LogP contribution in [0, 0.1) is 11.3 Å². The van der Waals surface area contributed by atoms with Gasteiger partial charge in [0.2, 0.25) is 0 Å². The monoisotopic (exact) mass is 435 g/mol. The molecule has 0 aliphatic heterocycles. The number of nitrogens with two attached hydrogens (primary N) is 1. The molecule has 1 aromatic carbocycles. The molecule has 10 heteroatoms. The summed E-state index contributed by atoms with van der Waals surface area (Å²) in [5.74, 6) is 0.657. The van der Waals surface area contributed by atoms with E-state index in [0.29, 0.717) is 46.1 Å². The largest absolute Gasteiger partial charge is 0.381 e. The van der Waals surface area contributed by atoms with Crippen LogP contribution >= 0.6 is 0 Å². The number of hydrogen-bond donors (Lipinski definition) is 1. The predicted molar refractivity (Wildman–Crippen MR) is 121 cm³/mol. The van der Waals surface area contributed by atoms with Crippen molar-refractivity contribution in [3.63, 3.8) is 0 Å². The van der Waals surface area contributed by atoms with E-state index >= 15 is 0 Å². The Morgan fingerprint density at radius 3 is 2.61 bits per heavy atom. The zero-order valence-electron chi connectivity index (χ0n) is 17.5. The van der Waals surface area contributed by atoms with Crippen molar-refractivity contribution in [1.29, 1.82) is 5.26 Å². The summed E-state index contributed by atoms with van der Waals surface area (Å²) in [7, 11) is 1.56. The lowest BCUT2D eigenvalue weighted by atomic mass is 10.0. The van der Waals surface area contributed by atoms with Gasteiger partial charge >= 0.3 is 0 Å². The lowest BCUT2D eigenvalue weighted by Gasteiger charge is -2.13. The Balaban J connectivity index is 1.81. The average molecular weight is 435 g/mol. The zero-order valence-corrected chi connectivity index (χ0v) is 17.5. The third kappa shape index (κ3) is 3.57. The first-order valence-electron chi connectivity index (χ1n) is 10.0. The number of benzene rings is 1. The van der Waals surface area contributed by atoms with Crippen LogP contribution in [0.3, 0.4) is 0 Å². The molecule has 33 heavy (non-hydrogen) atoms. The van der Waals surface area contributed by atoms with Crippen molar-refractivity contribution >= 4 is 11.5 Å². The summed E-state index contributed by atoms with van der Waals surface area (Å²) in [5.41, 5.74) is 9.49. The van der Waals surface area contributed by atoms with Gasteiger partial charge in [-0.3, -0.25) is 9.78 Å². The molecule has 10 nitrogen and oxygen atoms in total. The molecule has 0 spiro atoms. The summed E-state index contributed by atoms with van der Waals surface area (Å²) in [6, 6.07) is 17.9. The van der Waals surface area contributed by atoms with Gasteiger partial charge in [0.05, 0.1) is 18.1 Å². The first-order chi connectivity index (χ1) is 16.0. The maximum absolute atomic E-state index is 12.0. The number of nitriles is 1. The average Bonchev–Trinajstić information content (AvgIpc) is 3.25. The summed E-state index contributed by atoms with van der Waals surface area (Å²) in [6.07, 6.45) is 2.10. The summed E-state index contributed by atoms with van der Waals surface area (Å²) >= 11 is 0. The second kappa shape index (κ2) is 7.97. The Labute approximate surface area is 187 Å². The molecule has 0 saturated heterocycles. The third-order valence-electron chi connectivity index (χ3n) is 5.12. The molecular weight excluding hydrogens is 418 g/mol. The topological polar surface area (TPSA) is 141 Å². The van der Waals surface area contributed by atoms with Crippen LogP contribution in [0.5, 0.6) is 0 Å². The van der Waals surface area contributed by atoms with E-state index in [0.717, 1.165) is 5.69 Å². The number of hydrogen-bond acceptors (Lipinski definition) is 8. The molecule has 160 valence electrons. The molecule has 4 heterocycles. The Morgan fingerprint density at radius 2 is 1.85 bits per heavy atom. The fourth-order valence-electron chi connectivity index (χ4n) is 3.57. The second-order valence-corrected chi connectivity index (χ2v) is 7.29. The van der Waals surface area contributed by atoms with Crippen LogP contribution in [0.1, 0.15) is 17.1 Å². The number of nitrogens with zero attached hydrogens (tertiary/aromatic N) is 8. The number of fused-ring (bicyclic) bond motifs is 1. The van der Waals surface area contributed by atoms with Crippen molar-refractivity contribution < 1.29 is 0 Å². The van der Waals surface area contributed by atoms with Gasteiger partial charge in [0.25, 0.3) is 5.56 Å². The summed E-state index contributed by atoms with van der Waals surface area (Å²) in [5, 5.41) is 18.7. The van der Waals surface area contributed by atoms with Crippen molar-refractivity contribution in [2.75, 3.05) is 5.73 Å². The highest BCUT2D eigenvalue weighted by Crippen LogP contribution is 2.33. The van der Waals surface area contributed by atoms with E-state index in [1.807, 2.05) is 24.3 Å². The molecule has 0 bridgehead atoms. The molecule has 0 saturated carbocycles. The van der Waals surface area contributed by atoms with Gasteiger partial charge in [-0.1, -0.05) is 24.3 Å². The number of nitrogen functional groups attached to an aromatic ring is 1. The van der Waals surface area contributed by atoms with E-state index < -0.39 is 0 Å². The Morgan fingerprint density at radius 1 is 1.03 bits per heavy atom. The molecule has 0 atom stereocenters. The standard InChI is InChI=1S/C23H17N9O/c1-31-19(33)10-9-17(29-31)21-20(16-8-3-2-6-14(16)13-24)28-22(25)23-27-18(30-32(21)23)12-15-7-4-5-11-26-15/h2-11H,12H2,1H3,(H2,25,28). The molecule has 0 fully saturated rings. The van der Waals surface area contributed by atoms with Gasteiger partial charge in [-0.15, -0.1) is 0 Å². The fraction of sp³-hybridized carbons (Fsp3) is 0.0870. The maximum atomic E-state index is 12.0. The van der Waals surface area contributed by atoms with E-state index in [2.05, 4.69) is 31.2 Å². The Hall–Kier alpha value is -4.91. The summed E-state index contributed by atoms with van der Waals surface area (Å²) in [6.45, 7) is 0. The van der Waals surface area contributed by atoms with E-state index in [1.54, 1.807) is 42.0 Å². The van der Waals surface area contributed by atoms with Crippen molar-refractivity contribution in [1.82, 2.24) is 34.3 Å². The minimum absolute atomic E-state index is 0.158. The predicted octanol–water partition coefficient (Wildman–Crippen LogP) is 1.99. The maximum Gasteiger partial charge on any atom is 0.266 e. The normalized spacial score (nSPS) is 10.9. The number of rotatable bonds is 4.